The molecule has 1 fully saturated rings. The molecule has 1 aliphatic heterocycles. The van der Waals surface area contributed by atoms with Gasteiger partial charge in [0.2, 0.25) is 5.89 Å². The van der Waals surface area contributed by atoms with Crippen molar-refractivity contribution in [3.8, 4) is 0 Å². The van der Waals surface area contributed by atoms with Gasteiger partial charge in [-0.3, -0.25) is 9.80 Å². The molecule has 0 atom stereocenters. The molecule has 0 N–H and O–H groups in total. The number of rotatable bonds is 3. The summed E-state index contributed by atoms with van der Waals surface area (Å²) < 4.78 is 41.9. The van der Waals surface area contributed by atoms with E-state index in [4.69, 9.17) is 4.52 Å². The summed E-state index contributed by atoms with van der Waals surface area (Å²) in [4.78, 5) is 7.60. The van der Waals surface area contributed by atoms with Crippen LogP contribution in [0.2, 0.25) is 0 Å². The maximum atomic E-state index is 12.3. The van der Waals surface area contributed by atoms with Gasteiger partial charge in [-0.2, -0.15) is 18.2 Å². The molecule has 0 aromatic carbocycles. The number of alkyl halides is 3. The van der Waals surface area contributed by atoms with Crippen molar-refractivity contribution in [3.63, 3.8) is 0 Å². The highest BCUT2D eigenvalue weighted by Crippen LogP contribution is 2.17. The highest BCUT2D eigenvalue weighted by molar-refractivity contribution is 4.85. The van der Waals surface area contributed by atoms with Crippen LogP contribution in [0.3, 0.4) is 0 Å². The SMILES string of the molecule is Cc1nc(CN2CCCN(CC(F)(F)F)CC2)no1. The second kappa shape index (κ2) is 5.87. The second-order valence-electron chi connectivity index (χ2n) is 4.75. The molecule has 0 aliphatic carbocycles. The summed E-state index contributed by atoms with van der Waals surface area (Å²) in [6.07, 6.45) is -3.41. The van der Waals surface area contributed by atoms with Crippen LogP contribution in [-0.2, 0) is 6.54 Å². The molecule has 0 saturated carbocycles. The summed E-state index contributed by atoms with van der Waals surface area (Å²) in [5, 5.41) is 3.80. The number of aromatic nitrogens is 2. The van der Waals surface area contributed by atoms with Crippen molar-refractivity contribution in [1.29, 1.82) is 0 Å². The zero-order valence-electron chi connectivity index (χ0n) is 10.8. The topological polar surface area (TPSA) is 45.4 Å². The summed E-state index contributed by atoms with van der Waals surface area (Å²) in [6, 6.07) is 0. The fourth-order valence-corrected chi connectivity index (χ4v) is 2.20. The van der Waals surface area contributed by atoms with Gasteiger partial charge >= 0.3 is 6.18 Å². The minimum atomic E-state index is -4.13. The first-order valence-corrected chi connectivity index (χ1v) is 6.23. The van der Waals surface area contributed by atoms with E-state index in [1.165, 1.54) is 4.90 Å². The normalized spacial score (nSPS) is 19.6. The van der Waals surface area contributed by atoms with Crippen molar-refractivity contribution in [1.82, 2.24) is 19.9 Å². The summed E-state index contributed by atoms with van der Waals surface area (Å²) in [6.45, 7) is 3.63. The minimum Gasteiger partial charge on any atom is -0.340 e. The quantitative estimate of drug-likeness (QED) is 0.837. The molecule has 1 aromatic heterocycles. The van der Waals surface area contributed by atoms with Gasteiger partial charge in [-0.1, -0.05) is 5.16 Å². The lowest BCUT2D eigenvalue weighted by Gasteiger charge is -2.21. The zero-order chi connectivity index (χ0) is 13.9. The molecule has 0 bridgehead atoms. The van der Waals surface area contributed by atoms with Crippen molar-refractivity contribution in [3.05, 3.63) is 11.7 Å². The van der Waals surface area contributed by atoms with Gasteiger partial charge in [0.15, 0.2) is 5.82 Å². The molecule has 0 spiro atoms. The third-order valence-corrected chi connectivity index (χ3v) is 3.02. The molecular formula is C11H17F3N4O. The lowest BCUT2D eigenvalue weighted by atomic mass is 10.3. The lowest BCUT2D eigenvalue weighted by Crippen LogP contribution is -2.37. The van der Waals surface area contributed by atoms with E-state index in [0.717, 1.165) is 6.54 Å². The zero-order valence-corrected chi connectivity index (χ0v) is 10.8. The average molecular weight is 278 g/mol. The molecule has 2 rings (SSSR count). The first-order chi connectivity index (χ1) is 8.92. The Labute approximate surface area is 109 Å². The average Bonchev–Trinajstić information content (AvgIpc) is 2.56. The Hall–Kier alpha value is -1.15. The van der Waals surface area contributed by atoms with Crippen molar-refractivity contribution >= 4 is 0 Å². The maximum Gasteiger partial charge on any atom is 0.401 e. The summed E-state index contributed by atoms with van der Waals surface area (Å²) in [5.41, 5.74) is 0. The van der Waals surface area contributed by atoms with E-state index >= 15 is 0 Å². The van der Waals surface area contributed by atoms with Crippen LogP contribution in [-0.4, -0.2) is 58.8 Å². The van der Waals surface area contributed by atoms with Crippen LogP contribution in [0.5, 0.6) is 0 Å². The van der Waals surface area contributed by atoms with Gasteiger partial charge in [0.25, 0.3) is 0 Å². The molecule has 108 valence electrons. The Morgan fingerprint density at radius 1 is 1.16 bits per heavy atom. The number of halogens is 3. The molecule has 5 nitrogen and oxygen atoms in total. The minimum absolute atomic E-state index is 0.413. The number of aryl methyl sites for hydroxylation is 1. The van der Waals surface area contributed by atoms with Gasteiger partial charge in [-0.05, 0) is 19.5 Å². The van der Waals surface area contributed by atoms with E-state index in [-0.39, 0.29) is 0 Å². The highest BCUT2D eigenvalue weighted by Gasteiger charge is 2.31. The third kappa shape index (κ3) is 4.79. The van der Waals surface area contributed by atoms with Crippen molar-refractivity contribution in [2.45, 2.75) is 26.1 Å². The fourth-order valence-electron chi connectivity index (χ4n) is 2.20. The molecule has 1 saturated heterocycles. The van der Waals surface area contributed by atoms with Crippen molar-refractivity contribution in [2.75, 3.05) is 32.7 Å². The standard InChI is InChI=1S/C11H17F3N4O/c1-9-15-10(16-19-9)7-17-3-2-4-18(6-5-17)8-11(12,13)14/h2-8H2,1H3. The van der Waals surface area contributed by atoms with Gasteiger partial charge in [-0.15, -0.1) is 0 Å². The summed E-state index contributed by atoms with van der Waals surface area (Å²) in [7, 11) is 0. The molecule has 1 aromatic rings. The van der Waals surface area contributed by atoms with Gasteiger partial charge in [0, 0.05) is 20.0 Å². The van der Waals surface area contributed by atoms with Gasteiger partial charge < -0.3 is 4.52 Å². The lowest BCUT2D eigenvalue weighted by molar-refractivity contribution is -0.145. The molecular weight excluding hydrogens is 261 g/mol. The predicted octanol–water partition coefficient (Wildman–Crippen LogP) is 1.45. The van der Waals surface area contributed by atoms with Gasteiger partial charge in [0.1, 0.15) is 0 Å². The van der Waals surface area contributed by atoms with Crippen LogP contribution in [0.15, 0.2) is 4.52 Å². The monoisotopic (exact) mass is 278 g/mol. The predicted molar refractivity (Wildman–Crippen MR) is 61.4 cm³/mol. The maximum absolute atomic E-state index is 12.3. The number of hydrogen-bond acceptors (Lipinski definition) is 5. The van der Waals surface area contributed by atoms with Crippen LogP contribution in [0.25, 0.3) is 0 Å². The van der Waals surface area contributed by atoms with Gasteiger partial charge in [-0.25, -0.2) is 0 Å². The Bertz CT molecular complexity index is 407. The molecule has 19 heavy (non-hydrogen) atoms. The summed E-state index contributed by atoms with van der Waals surface area (Å²) >= 11 is 0. The van der Waals surface area contributed by atoms with E-state index < -0.39 is 12.7 Å². The first kappa shape index (κ1) is 14.3. The first-order valence-electron chi connectivity index (χ1n) is 6.23. The molecule has 0 amide bonds. The molecule has 0 unspecified atom stereocenters. The number of hydrogen-bond donors (Lipinski definition) is 0. The Kier molecular flexibility index (Phi) is 4.41. The van der Waals surface area contributed by atoms with Crippen LogP contribution in [0.4, 0.5) is 13.2 Å². The largest absolute Gasteiger partial charge is 0.401 e. The third-order valence-electron chi connectivity index (χ3n) is 3.02. The van der Waals surface area contributed by atoms with E-state index in [1.807, 2.05) is 0 Å². The highest BCUT2D eigenvalue weighted by atomic mass is 19.4. The van der Waals surface area contributed by atoms with E-state index in [9.17, 15) is 13.2 Å². The number of nitrogens with zero attached hydrogens (tertiary/aromatic N) is 4. The molecule has 1 aliphatic rings. The molecule has 0 radical (unpaired) electrons. The van der Waals surface area contributed by atoms with E-state index in [0.29, 0.717) is 44.3 Å². The molecule has 2 heterocycles. The van der Waals surface area contributed by atoms with Gasteiger partial charge in [0.05, 0.1) is 13.1 Å². The molecule has 8 heteroatoms. The summed E-state index contributed by atoms with van der Waals surface area (Å²) in [5.74, 6) is 1.09. The van der Waals surface area contributed by atoms with Crippen LogP contribution in [0.1, 0.15) is 18.1 Å². The van der Waals surface area contributed by atoms with Crippen LogP contribution in [0, 0.1) is 6.92 Å². The van der Waals surface area contributed by atoms with Crippen LogP contribution < -0.4 is 0 Å². The van der Waals surface area contributed by atoms with Crippen molar-refractivity contribution in [2.24, 2.45) is 0 Å². The Balaban J connectivity index is 1.83. The van der Waals surface area contributed by atoms with Crippen molar-refractivity contribution < 1.29 is 17.7 Å². The van der Waals surface area contributed by atoms with E-state index in [1.54, 1.807) is 6.92 Å². The smallest absolute Gasteiger partial charge is 0.340 e. The second-order valence-corrected chi connectivity index (χ2v) is 4.75. The van der Waals surface area contributed by atoms with Crippen LogP contribution >= 0.6 is 0 Å². The van der Waals surface area contributed by atoms with E-state index in [2.05, 4.69) is 15.0 Å². The Morgan fingerprint density at radius 3 is 2.47 bits per heavy atom. The fraction of sp³-hybridized carbons (Fsp3) is 0.818. The Morgan fingerprint density at radius 2 is 1.84 bits per heavy atom.